The molecular weight excluding hydrogens is 378 g/mol. The SMILES string of the molecule is C=C1C(C)=C(C)C(c2cc(CC)c(CN3CCC(C)C(F)(F)C3)c(CC)c2)=CN1C. The van der Waals surface area contributed by atoms with E-state index in [0.29, 0.717) is 13.0 Å². The van der Waals surface area contributed by atoms with Crippen LogP contribution in [0.2, 0.25) is 0 Å². The second-order valence-electron chi connectivity index (χ2n) is 8.99. The van der Waals surface area contributed by atoms with Gasteiger partial charge in [-0.15, -0.1) is 0 Å². The van der Waals surface area contributed by atoms with E-state index in [1.165, 1.54) is 39.0 Å². The summed E-state index contributed by atoms with van der Waals surface area (Å²) in [6.07, 6.45) is 4.51. The fourth-order valence-electron chi connectivity index (χ4n) is 4.61. The molecule has 1 unspecified atom stereocenters. The fraction of sp³-hybridized carbons (Fsp3) is 0.538. The quantitative estimate of drug-likeness (QED) is 0.548. The van der Waals surface area contributed by atoms with Crippen molar-refractivity contribution < 1.29 is 8.78 Å². The molecule has 1 aromatic carbocycles. The largest absolute Gasteiger partial charge is 0.351 e. The summed E-state index contributed by atoms with van der Waals surface area (Å²) in [6, 6.07) is 4.54. The second kappa shape index (κ2) is 8.66. The van der Waals surface area contributed by atoms with Crippen LogP contribution in [0, 0.1) is 5.92 Å². The average molecular weight is 415 g/mol. The molecule has 1 atom stereocenters. The van der Waals surface area contributed by atoms with Crippen molar-refractivity contribution in [2.75, 3.05) is 20.1 Å². The van der Waals surface area contributed by atoms with E-state index in [1.54, 1.807) is 6.92 Å². The van der Waals surface area contributed by atoms with Crippen LogP contribution in [0.5, 0.6) is 0 Å². The standard InChI is InChI=1S/C26H36F2N2/c1-8-21-12-23(24-14-29(7)20(6)18(4)19(24)5)13-22(9-2)25(21)15-30-11-10-17(3)26(27,28)16-30/h12-14,17H,6,8-11,15-16H2,1-5,7H3. The Hall–Kier alpha value is -1.94. The normalized spacial score (nSPS) is 22.5. The first-order valence-electron chi connectivity index (χ1n) is 11.2. The summed E-state index contributed by atoms with van der Waals surface area (Å²) in [6.45, 7) is 15.6. The number of piperidine rings is 1. The van der Waals surface area contributed by atoms with E-state index in [2.05, 4.69) is 57.5 Å². The highest BCUT2D eigenvalue weighted by molar-refractivity contribution is 5.82. The summed E-state index contributed by atoms with van der Waals surface area (Å²) >= 11 is 0. The third kappa shape index (κ3) is 4.25. The van der Waals surface area contributed by atoms with Gasteiger partial charge in [0.1, 0.15) is 0 Å². The lowest BCUT2D eigenvalue weighted by Gasteiger charge is -2.37. The summed E-state index contributed by atoms with van der Waals surface area (Å²) in [5.41, 5.74) is 9.69. The Balaban J connectivity index is 1.98. The summed E-state index contributed by atoms with van der Waals surface area (Å²) in [5.74, 6) is -3.13. The predicted molar refractivity (Wildman–Crippen MR) is 122 cm³/mol. The van der Waals surface area contributed by atoms with Gasteiger partial charge in [-0.2, -0.15) is 0 Å². The monoisotopic (exact) mass is 414 g/mol. The Labute approximate surface area is 181 Å². The Morgan fingerprint density at radius 2 is 1.70 bits per heavy atom. The number of hydrogen-bond donors (Lipinski definition) is 0. The van der Waals surface area contributed by atoms with E-state index < -0.39 is 11.8 Å². The fourth-order valence-corrected chi connectivity index (χ4v) is 4.61. The molecular formula is C26H36F2N2. The first-order valence-corrected chi connectivity index (χ1v) is 11.2. The van der Waals surface area contributed by atoms with Crippen molar-refractivity contribution in [3.05, 3.63) is 64.0 Å². The predicted octanol–water partition coefficient (Wildman–Crippen LogP) is 6.42. The molecule has 30 heavy (non-hydrogen) atoms. The first-order chi connectivity index (χ1) is 14.1. The molecule has 2 aliphatic heterocycles. The summed E-state index contributed by atoms with van der Waals surface area (Å²) in [5, 5.41) is 0. The second-order valence-corrected chi connectivity index (χ2v) is 8.99. The maximum atomic E-state index is 14.3. The Bertz CT molecular complexity index is 869. The van der Waals surface area contributed by atoms with Crippen molar-refractivity contribution in [3.63, 3.8) is 0 Å². The molecule has 1 fully saturated rings. The molecule has 0 radical (unpaired) electrons. The van der Waals surface area contributed by atoms with E-state index in [4.69, 9.17) is 0 Å². The molecule has 0 amide bonds. The zero-order valence-electron chi connectivity index (χ0n) is 19.4. The van der Waals surface area contributed by atoms with Crippen LogP contribution in [0.4, 0.5) is 8.78 Å². The third-order valence-corrected chi connectivity index (χ3v) is 7.07. The average Bonchev–Trinajstić information content (AvgIpc) is 2.71. The molecule has 2 aliphatic rings. The number of rotatable bonds is 5. The van der Waals surface area contributed by atoms with E-state index in [1.807, 2.05) is 11.9 Å². The molecule has 0 aromatic heterocycles. The Morgan fingerprint density at radius 3 is 2.23 bits per heavy atom. The maximum absolute atomic E-state index is 14.3. The molecule has 0 saturated carbocycles. The van der Waals surface area contributed by atoms with Crippen LogP contribution in [-0.4, -0.2) is 35.9 Å². The van der Waals surface area contributed by atoms with Crippen molar-refractivity contribution in [3.8, 4) is 0 Å². The third-order valence-electron chi connectivity index (χ3n) is 7.07. The molecule has 1 aromatic rings. The van der Waals surface area contributed by atoms with Crippen LogP contribution in [0.25, 0.3) is 5.57 Å². The number of halogens is 2. The van der Waals surface area contributed by atoms with Gasteiger partial charge in [0.15, 0.2) is 0 Å². The van der Waals surface area contributed by atoms with E-state index in [-0.39, 0.29) is 6.54 Å². The van der Waals surface area contributed by atoms with Gasteiger partial charge < -0.3 is 4.90 Å². The zero-order chi connectivity index (χ0) is 22.2. The lowest BCUT2D eigenvalue weighted by molar-refractivity contribution is -0.106. The van der Waals surface area contributed by atoms with Crippen molar-refractivity contribution in [2.24, 2.45) is 5.92 Å². The molecule has 164 valence electrons. The highest BCUT2D eigenvalue weighted by atomic mass is 19.3. The minimum atomic E-state index is -2.60. The molecule has 4 heteroatoms. The molecule has 2 heterocycles. The number of benzene rings is 1. The highest BCUT2D eigenvalue weighted by Crippen LogP contribution is 2.37. The molecule has 0 aliphatic carbocycles. The molecule has 2 nitrogen and oxygen atoms in total. The van der Waals surface area contributed by atoms with Gasteiger partial charge >= 0.3 is 0 Å². The molecule has 0 spiro atoms. The highest BCUT2D eigenvalue weighted by Gasteiger charge is 2.41. The van der Waals surface area contributed by atoms with Gasteiger partial charge in [-0.3, -0.25) is 4.90 Å². The van der Waals surface area contributed by atoms with E-state index in [0.717, 1.165) is 25.1 Å². The van der Waals surface area contributed by atoms with Crippen LogP contribution in [0.1, 0.15) is 63.3 Å². The van der Waals surface area contributed by atoms with Crippen molar-refractivity contribution in [1.82, 2.24) is 9.80 Å². The van der Waals surface area contributed by atoms with Crippen molar-refractivity contribution in [1.29, 1.82) is 0 Å². The van der Waals surface area contributed by atoms with Gasteiger partial charge in [0.25, 0.3) is 5.92 Å². The van der Waals surface area contributed by atoms with Crippen LogP contribution >= 0.6 is 0 Å². The van der Waals surface area contributed by atoms with Crippen LogP contribution in [0.3, 0.4) is 0 Å². The van der Waals surface area contributed by atoms with Gasteiger partial charge in [0, 0.05) is 37.0 Å². The number of likely N-dealkylation sites (N-methyl/N-ethyl adjacent to an activating group) is 1. The number of alkyl halides is 2. The van der Waals surface area contributed by atoms with Crippen LogP contribution in [-0.2, 0) is 19.4 Å². The number of hydrogen-bond acceptors (Lipinski definition) is 2. The molecule has 0 bridgehead atoms. The van der Waals surface area contributed by atoms with Gasteiger partial charge in [-0.25, -0.2) is 8.78 Å². The number of aryl methyl sites for hydroxylation is 2. The van der Waals surface area contributed by atoms with Crippen molar-refractivity contribution >= 4 is 5.57 Å². The number of nitrogens with zero attached hydrogens (tertiary/aromatic N) is 2. The minimum absolute atomic E-state index is 0.138. The lowest BCUT2D eigenvalue weighted by atomic mass is 9.86. The zero-order valence-corrected chi connectivity index (χ0v) is 19.4. The van der Waals surface area contributed by atoms with E-state index >= 15 is 0 Å². The van der Waals surface area contributed by atoms with E-state index in [9.17, 15) is 8.78 Å². The summed E-state index contributed by atoms with van der Waals surface area (Å²) in [7, 11) is 2.03. The van der Waals surface area contributed by atoms with Gasteiger partial charge in [-0.1, -0.05) is 39.5 Å². The molecule has 0 N–H and O–H groups in total. The number of allylic oxidation sites excluding steroid dienone is 3. The first kappa shape index (κ1) is 22.7. The Kier molecular flexibility index (Phi) is 6.57. The topological polar surface area (TPSA) is 6.48 Å². The lowest BCUT2D eigenvalue weighted by Crippen LogP contribution is -2.47. The minimum Gasteiger partial charge on any atom is -0.351 e. The summed E-state index contributed by atoms with van der Waals surface area (Å²) < 4.78 is 28.6. The van der Waals surface area contributed by atoms with Crippen LogP contribution in [0.15, 0.2) is 41.8 Å². The molecule has 3 rings (SSSR count). The number of likely N-dealkylation sites (tertiary alicyclic amines) is 1. The maximum Gasteiger partial charge on any atom is 0.263 e. The van der Waals surface area contributed by atoms with Crippen LogP contribution < -0.4 is 0 Å². The van der Waals surface area contributed by atoms with Crippen molar-refractivity contribution in [2.45, 2.75) is 66.3 Å². The molecule has 1 saturated heterocycles. The van der Waals surface area contributed by atoms with Gasteiger partial charge in [-0.05, 0) is 73.1 Å². The van der Waals surface area contributed by atoms with Gasteiger partial charge in [0.05, 0.1) is 6.54 Å². The Morgan fingerprint density at radius 1 is 1.10 bits per heavy atom. The summed E-state index contributed by atoms with van der Waals surface area (Å²) in [4.78, 5) is 4.03. The van der Waals surface area contributed by atoms with Gasteiger partial charge in [0.2, 0.25) is 0 Å². The smallest absolute Gasteiger partial charge is 0.263 e.